The van der Waals surface area contributed by atoms with Crippen LogP contribution in [0.25, 0.3) is 0 Å². The molecule has 1 aromatic carbocycles. The maximum Gasteiger partial charge on any atom is 0.251 e. The minimum Gasteiger partial charge on any atom is -0.350 e. The van der Waals surface area contributed by atoms with Gasteiger partial charge in [-0.25, -0.2) is 4.39 Å². The molecule has 4 nitrogen and oxygen atoms in total. The van der Waals surface area contributed by atoms with Crippen molar-refractivity contribution in [1.82, 2.24) is 10.2 Å². The second-order valence-electron chi connectivity index (χ2n) is 4.71. The Balaban J connectivity index is 1.82. The molecule has 0 heterocycles. The van der Waals surface area contributed by atoms with E-state index in [9.17, 15) is 14.0 Å². The monoisotopic (exact) mass is 264 g/mol. The molecule has 102 valence electrons. The van der Waals surface area contributed by atoms with Crippen LogP contribution in [-0.2, 0) is 4.79 Å². The van der Waals surface area contributed by atoms with E-state index < -0.39 is 5.82 Å². The minimum atomic E-state index is -0.434. The van der Waals surface area contributed by atoms with E-state index in [4.69, 9.17) is 0 Å². The Labute approximate surface area is 111 Å². The van der Waals surface area contributed by atoms with Crippen molar-refractivity contribution in [3.8, 4) is 0 Å². The first kappa shape index (κ1) is 13.5. The van der Waals surface area contributed by atoms with Gasteiger partial charge in [0.15, 0.2) is 0 Å². The summed E-state index contributed by atoms with van der Waals surface area (Å²) in [5.41, 5.74) is 0.292. The van der Waals surface area contributed by atoms with Gasteiger partial charge in [0.05, 0.1) is 0 Å². The van der Waals surface area contributed by atoms with Crippen LogP contribution in [0.1, 0.15) is 30.1 Å². The first-order valence-corrected chi connectivity index (χ1v) is 6.39. The van der Waals surface area contributed by atoms with Gasteiger partial charge in [-0.15, -0.1) is 0 Å². The summed E-state index contributed by atoms with van der Waals surface area (Å²) in [6.07, 6.45) is 2.08. The number of hydrogen-bond donors (Lipinski definition) is 1. The van der Waals surface area contributed by atoms with Crippen molar-refractivity contribution in [1.29, 1.82) is 0 Å². The van der Waals surface area contributed by atoms with Gasteiger partial charge >= 0.3 is 0 Å². The highest BCUT2D eigenvalue weighted by Crippen LogP contribution is 2.26. The van der Waals surface area contributed by atoms with E-state index in [-0.39, 0.29) is 11.8 Å². The van der Waals surface area contributed by atoms with Crippen LogP contribution in [0.5, 0.6) is 0 Å². The Hall–Kier alpha value is -1.91. The van der Waals surface area contributed by atoms with Gasteiger partial charge in [-0.2, -0.15) is 0 Å². The summed E-state index contributed by atoms with van der Waals surface area (Å²) in [6.45, 7) is 2.42. The summed E-state index contributed by atoms with van der Waals surface area (Å²) >= 11 is 0. The smallest absolute Gasteiger partial charge is 0.251 e. The molecular weight excluding hydrogens is 247 g/mol. The summed E-state index contributed by atoms with van der Waals surface area (Å²) < 4.78 is 13.0. The SMILES string of the molecule is CC(=O)N(CCNC(=O)c1cccc(F)c1)C1CC1. The zero-order valence-corrected chi connectivity index (χ0v) is 10.9. The van der Waals surface area contributed by atoms with Crippen LogP contribution < -0.4 is 5.32 Å². The van der Waals surface area contributed by atoms with Crippen LogP contribution in [0.4, 0.5) is 4.39 Å². The van der Waals surface area contributed by atoms with Crippen molar-refractivity contribution < 1.29 is 14.0 Å². The predicted octanol–water partition coefficient (Wildman–Crippen LogP) is 1.57. The lowest BCUT2D eigenvalue weighted by atomic mass is 10.2. The summed E-state index contributed by atoms with van der Waals surface area (Å²) in [5, 5.41) is 2.69. The fourth-order valence-corrected chi connectivity index (χ4v) is 2.01. The number of nitrogens with zero attached hydrogens (tertiary/aromatic N) is 1. The number of amides is 2. The van der Waals surface area contributed by atoms with Gasteiger partial charge in [0.2, 0.25) is 5.91 Å². The van der Waals surface area contributed by atoms with E-state index in [2.05, 4.69) is 5.32 Å². The van der Waals surface area contributed by atoms with Gasteiger partial charge in [0.25, 0.3) is 5.91 Å². The second-order valence-corrected chi connectivity index (χ2v) is 4.71. The molecule has 0 saturated heterocycles. The van der Waals surface area contributed by atoms with Gasteiger partial charge < -0.3 is 10.2 Å². The summed E-state index contributed by atoms with van der Waals surface area (Å²) in [5.74, 6) is -0.725. The highest BCUT2D eigenvalue weighted by atomic mass is 19.1. The van der Waals surface area contributed by atoms with Gasteiger partial charge in [0.1, 0.15) is 5.82 Å². The Kier molecular flexibility index (Phi) is 4.14. The van der Waals surface area contributed by atoms with Crippen LogP contribution >= 0.6 is 0 Å². The average Bonchev–Trinajstić information content (AvgIpc) is 3.18. The molecule has 1 fully saturated rings. The van der Waals surface area contributed by atoms with Crippen molar-refractivity contribution in [2.45, 2.75) is 25.8 Å². The molecule has 0 bridgehead atoms. The fraction of sp³-hybridized carbons (Fsp3) is 0.429. The summed E-state index contributed by atoms with van der Waals surface area (Å²) in [4.78, 5) is 24.9. The Morgan fingerprint density at radius 1 is 1.42 bits per heavy atom. The van der Waals surface area contributed by atoms with Crippen LogP contribution in [0.2, 0.25) is 0 Å². The standard InChI is InChI=1S/C14H17FN2O2/c1-10(18)17(13-5-6-13)8-7-16-14(19)11-3-2-4-12(15)9-11/h2-4,9,13H,5-8H2,1H3,(H,16,19). The number of benzene rings is 1. The molecule has 0 aliphatic heterocycles. The van der Waals surface area contributed by atoms with Crippen molar-refractivity contribution in [2.75, 3.05) is 13.1 Å². The van der Waals surface area contributed by atoms with Crippen LogP contribution in [-0.4, -0.2) is 35.8 Å². The molecule has 0 unspecified atom stereocenters. The lowest BCUT2D eigenvalue weighted by Gasteiger charge is -2.20. The van der Waals surface area contributed by atoms with E-state index in [0.29, 0.717) is 24.7 Å². The summed E-state index contributed by atoms with van der Waals surface area (Å²) in [6, 6.07) is 5.88. The van der Waals surface area contributed by atoms with E-state index in [1.807, 2.05) is 0 Å². The van der Waals surface area contributed by atoms with Crippen LogP contribution in [0.3, 0.4) is 0 Å². The third-order valence-electron chi connectivity index (χ3n) is 3.12. The third kappa shape index (κ3) is 3.77. The van der Waals surface area contributed by atoms with Gasteiger partial charge in [-0.05, 0) is 31.0 Å². The van der Waals surface area contributed by atoms with Gasteiger partial charge in [-0.1, -0.05) is 6.07 Å². The van der Waals surface area contributed by atoms with Gasteiger partial charge in [0, 0.05) is 31.6 Å². The largest absolute Gasteiger partial charge is 0.350 e. The van der Waals surface area contributed by atoms with Gasteiger partial charge in [-0.3, -0.25) is 9.59 Å². The quantitative estimate of drug-likeness (QED) is 0.877. The van der Waals surface area contributed by atoms with Crippen molar-refractivity contribution in [3.63, 3.8) is 0 Å². The molecule has 5 heteroatoms. The number of hydrogen-bond acceptors (Lipinski definition) is 2. The minimum absolute atomic E-state index is 0.0301. The molecule has 1 N–H and O–H groups in total. The molecular formula is C14H17FN2O2. The zero-order chi connectivity index (χ0) is 13.8. The number of rotatable bonds is 5. The van der Waals surface area contributed by atoms with E-state index in [1.54, 1.807) is 11.0 Å². The second kappa shape index (κ2) is 5.82. The van der Waals surface area contributed by atoms with Crippen molar-refractivity contribution in [3.05, 3.63) is 35.6 Å². The topological polar surface area (TPSA) is 49.4 Å². The Morgan fingerprint density at radius 2 is 2.16 bits per heavy atom. The van der Waals surface area contributed by atoms with Crippen molar-refractivity contribution >= 4 is 11.8 Å². The first-order valence-electron chi connectivity index (χ1n) is 6.39. The highest BCUT2D eigenvalue weighted by molar-refractivity contribution is 5.94. The molecule has 1 aliphatic rings. The molecule has 19 heavy (non-hydrogen) atoms. The molecule has 1 saturated carbocycles. The molecule has 0 atom stereocenters. The third-order valence-corrected chi connectivity index (χ3v) is 3.12. The number of carbonyl (C=O) groups excluding carboxylic acids is 2. The zero-order valence-electron chi connectivity index (χ0n) is 10.9. The first-order chi connectivity index (χ1) is 9.08. The maximum absolute atomic E-state index is 13.0. The number of halogens is 1. The van der Waals surface area contributed by atoms with Crippen LogP contribution in [0, 0.1) is 5.82 Å². The highest BCUT2D eigenvalue weighted by Gasteiger charge is 2.30. The molecule has 1 aliphatic carbocycles. The van der Waals surface area contributed by atoms with Crippen molar-refractivity contribution in [2.24, 2.45) is 0 Å². The molecule has 0 radical (unpaired) electrons. The average molecular weight is 264 g/mol. The molecule has 2 amide bonds. The Morgan fingerprint density at radius 3 is 2.74 bits per heavy atom. The fourth-order valence-electron chi connectivity index (χ4n) is 2.01. The summed E-state index contributed by atoms with van der Waals surface area (Å²) in [7, 11) is 0. The number of carbonyl (C=O) groups is 2. The number of nitrogens with one attached hydrogen (secondary N) is 1. The van der Waals surface area contributed by atoms with E-state index in [1.165, 1.54) is 25.1 Å². The van der Waals surface area contributed by atoms with E-state index >= 15 is 0 Å². The predicted molar refractivity (Wildman–Crippen MR) is 69.1 cm³/mol. The van der Waals surface area contributed by atoms with Crippen LogP contribution in [0.15, 0.2) is 24.3 Å². The molecule has 2 rings (SSSR count). The lowest BCUT2D eigenvalue weighted by Crippen LogP contribution is -2.38. The molecule has 1 aromatic rings. The van der Waals surface area contributed by atoms with E-state index in [0.717, 1.165) is 12.8 Å². The normalized spacial score (nSPS) is 14.0. The Bertz CT molecular complexity index is 486. The maximum atomic E-state index is 13.0. The lowest BCUT2D eigenvalue weighted by molar-refractivity contribution is -0.129. The molecule has 0 aromatic heterocycles. The molecule has 0 spiro atoms.